The van der Waals surface area contributed by atoms with Crippen molar-refractivity contribution < 1.29 is 27.9 Å². The Morgan fingerprint density at radius 3 is 2.37 bits per heavy atom. The minimum absolute atomic E-state index is 0.356. The Morgan fingerprint density at radius 2 is 1.79 bits per heavy atom. The third-order valence-electron chi connectivity index (χ3n) is 2.10. The zero-order valence-corrected chi connectivity index (χ0v) is 12.8. The van der Waals surface area contributed by atoms with Crippen molar-refractivity contribution in [1.82, 2.24) is 0 Å². The summed E-state index contributed by atoms with van der Waals surface area (Å²) in [4.78, 5) is 27.9. The topological polar surface area (TPSA) is 93.1 Å². The van der Waals surface area contributed by atoms with Gasteiger partial charge in [0.2, 0.25) is 0 Å². The number of esters is 1. The molecule has 0 fully saturated rings. The summed E-state index contributed by atoms with van der Waals surface area (Å²) in [5.41, 5.74) is 0.405. The smallest absolute Gasteiger partial charge is 0.462 e. The Kier molecular flexibility index (Phi) is 10.3. The van der Waals surface area contributed by atoms with Gasteiger partial charge in [-0.25, -0.2) is 13.3 Å². The molecule has 6 nitrogen and oxygen atoms in total. The minimum Gasteiger partial charge on any atom is -0.462 e. The van der Waals surface area contributed by atoms with Gasteiger partial charge in [-0.05, 0) is 19.8 Å². The second-order valence-corrected chi connectivity index (χ2v) is 6.29. The first-order chi connectivity index (χ1) is 8.83. The normalized spacial score (nSPS) is 11.3. The van der Waals surface area contributed by atoms with Crippen molar-refractivity contribution >= 4 is 25.8 Å². The number of unbranched alkanes of at least 4 members (excludes halogenated alkanes) is 4. The van der Waals surface area contributed by atoms with E-state index in [1.54, 1.807) is 6.92 Å². The van der Waals surface area contributed by atoms with Crippen LogP contribution in [0.4, 0.5) is 0 Å². The van der Waals surface area contributed by atoms with E-state index in [1.165, 1.54) is 0 Å². The van der Waals surface area contributed by atoms with Crippen LogP contribution < -0.4 is 0 Å². The van der Waals surface area contributed by atoms with Crippen LogP contribution in [0.2, 0.25) is 0 Å². The second kappa shape index (κ2) is 10.5. The molecule has 0 saturated heterocycles. The molecule has 0 aromatic rings. The molecule has 0 aliphatic heterocycles. The molecule has 8 heteroatoms. The zero-order chi connectivity index (χ0) is 14.7. The summed E-state index contributed by atoms with van der Waals surface area (Å²) in [5.74, 6) is 0.196. The third-order valence-corrected chi connectivity index (χ3v) is 3.76. The molecule has 0 aromatic carbocycles. The number of hydrogen-bond donors (Lipinski definition) is 2. The van der Waals surface area contributed by atoms with Crippen LogP contribution in [0.25, 0.3) is 0 Å². The third kappa shape index (κ3) is 13.9. The Hall–Kier alpha value is -0.330. The lowest BCUT2D eigenvalue weighted by Gasteiger charge is -2.05. The molecule has 0 aromatic heterocycles. The van der Waals surface area contributed by atoms with Gasteiger partial charge < -0.3 is 14.5 Å². The van der Waals surface area contributed by atoms with E-state index in [0.29, 0.717) is 17.9 Å². The lowest BCUT2D eigenvalue weighted by atomic mass is 10.2. The highest BCUT2D eigenvalue weighted by Crippen LogP contribution is 2.41. The minimum atomic E-state index is -4.35. The number of rotatable bonds is 11. The average Bonchev–Trinajstić information content (AvgIpc) is 2.29. The fourth-order valence-electron chi connectivity index (χ4n) is 1.19. The lowest BCUT2D eigenvalue weighted by molar-refractivity contribution is -0.139. The highest BCUT2D eigenvalue weighted by Gasteiger charge is 2.13. The summed E-state index contributed by atoms with van der Waals surface area (Å²) in [6.07, 6.45) is 4.53. The maximum Gasteiger partial charge on any atom is 0.480 e. The standard InChI is InChI=1S/C11H21O6PS/c1-10(2)11(12)16-8-6-4-3-5-7-9-19-17-18(13,14)15/h1,3-9H2,2H3,(H2,13,14,15). The van der Waals surface area contributed by atoms with Crippen molar-refractivity contribution in [3.05, 3.63) is 12.2 Å². The Morgan fingerprint density at radius 1 is 1.21 bits per heavy atom. The van der Waals surface area contributed by atoms with Gasteiger partial charge in [-0.15, -0.1) is 0 Å². The molecule has 0 radical (unpaired) electrons. The Labute approximate surface area is 118 Å². The van der Waals surface area contributed by atoms with Gasteiger partial charge in [0.1, 0.15) is 0 Å². The van der Waals surface area contributed by atoms with Crippen LogP contribution in [0.15, 0.2) is 12.2 Å². The zero-order valence-electron chi connectivity index (χ0n) is 11.0. The molecule has 19 heavy (non-hydrogen) atoms. The van der Waals surface area contributed by atoms with Crippen LogP contribution in [0.3, 0.4) is 0 Å². The molecule has 0 unspecified atom stereocenters. The van der Waals surface area contributed by atoms with Gasteiger partial charge in [-0.1, -0.05) is 25.8 Å². The van der Waals surface area contributed by atoms with Gasteiger partial charge in [-0.3, -0.25) is 0 Å². The molecular formula is C11H21O6PS. The van der Waals surface area contributed by atoms with Crippen molar-refractivity contribution in [1.29, 1.82) is 0 Å². The summed E-state index contributed by atoms with van der Waals surface area (Å²) in [7, 11) is -4.35. The maximum atomic E-state index is 11.0. The van der Waals surface area contributed by atoms with Gasteiger partial charge >= 0.3 is 13.8 Å². The Balaban J connectivity index is 3.22. The predicted molar refractivity (Wildman–Crippen MR) is 74.4 cm³/mol. The van der Waals surface area contributed by atoms with E-state index < -0.39 is 7.82 Å². The van der Waals surface area contributed by atoms with Gasteiger partial charge in [0.05, 0.1) is 6.61 Å². The highest BCUT2D eigenvalue weighted by atomic mass is 32.2. The first-order valence-corrected chi connectivity index (χ1v) is 8.46. The Bertz CT molecular complexity index is 327. The van der Waals surface area contributed by atoms with Crippen LogP contribution >= 0.6 is 19.9 Å². The van der Waals surface area contributed by atoms with Gasteiger partial charge in [0.25, 0.3) is 0 Å². The molecule has 112 valence electrons. The van der Waals surface area contributed by atoms with E-state index in [0.717, 1.165) is 44.1 Å². The molecule has 0 aliphatic carbocycles. The van der Waals surface area contributed by atoms with E-state index in [2.05, 4.69) is 10.5 Å². The second-order valence-electron chi connectivity index (χ2n) is 4.07. The monoisotopic (exact) mass is 312 g/mol. The number of carbonyl (C=O) groups is 1. The fraction of sp³-hybridized carbons (Fsp3) is 0.727. The van der Waals surface area contributed by atoms with Crippen molar-refractivity contribution in [2.24, 2.45) is 0 Å². The predicted octanol–water partition coefficient (Wildman–Crippen LogP) is 2.81. The van der Waals surface area contributed by atoms with Crippen molar-refractivity contribution in [3.63, 3.8) is 0 Å². The van der Waals surface area contributed by atoms with Crippen molar-refractivity contribution in [2.45, 2.75) is 39.0 Å². The van der Waals surface area contributed by atoms with Crippen LogP contribution in [0.5, 0.6) is 0 Å². The first-order valence-electron chi connectivity index (χ1n) is 6.02. The number of ether oxygens (including phenoxy) is 1. The molecule has 2 N–H and O–H groups in total. The van der Waals surface area contributed by atoms with E-state index in [-0.39, 0.29) is 5.97 Å². The largest absolute Gasteiger partial charge is 0.480 e. The first kappa shape index (κ1) is 18.7. The van der Waals surface area contributed by atoms with E-state index >= 15 is 0 Å². The maximum absolute atomic E-state index is 11.0. The molecule has 0 amide bonds. The van der Waals surface area contributed by atoms with Crippen molar-refractivity contribution in [2.75, 3.05) is 12.4 Å². The number of hydrogen-bond acceptors (Lipinski definition) is 5. The van der Waals surface area contributed by atoms with Gasteiger partial charge in [-0.2, -0.15) is 0 Å². The fourth-order valence-corrected chi connectivity index (χ4v) is 2.36. The van der Waals surface area contributed by atoms with Crippen LogP contribution in [-0.2, 0) is 18.1 Å². The van der Waals surface area contributed by atoms with Crippen LogP contribution in [0, 0.1) is 0 Å². The van der Waals surface area contributed by atoms with Gasteiger partial charge in [0.15, 0.2) is 0 Å². The summed E-state index contributed by atoms with van der Waals surface area (Å²) in [5, 5.41) is 0. The molecule has 0 bridgehead atoms. The molecule has 0 rings (SSSR count). The van der Waals surface area contributed by atoms with E-state index in [9.17, 15) is 9.36 Å². The molecule has 0 aliphatic rings. The molecule has 0 atom stereocenters. The van der Waals surface area contributed by atoms with E-state index in [4.69, 9.17) is 14.5 Å². The van der Waals surface area contributed by atoms with E-state index in [1.807, 2.05) is 0 Å². The van der Waals surface area contributed by atoms with Gasteiger partial charge in [0, 0.05) is 23.4 Å². The molecule has 0 heterocycles. The van der Waals surface area contributed by atoms with Crippen LogP contribution in [-0.4, -0.2) is 28.1 Å². The van der Waals surface area contributed by atoms with Crippen LogP contribution in [0.1, 0.15) is 39.0 Å². The quantitative estimate of drug-likeness (QED) is 0.199. The molecule has 0 spiro atoms. The summed E-state index contributed by atoms with van der Waals surface area (Å²) >= 11 is 0.793. The summed E-state index contributed by atoms with van der Waals surface area (Å²) in [6, 6.07) is 0. The SMILES string of the molecule is C=C(C)C(=O)OCCCCCCCSOP(=O)(O)O. The lowest BCUT2D eigenvalue weighted by Crippen LogP contribution is -2.05. The average molecular weight is 312 g/mol. The summed E-state index contributed by atoms with van der Waals surface area (Å²) < 4.78 is 19.5. The number of phosphoric acid groups is 1. The summed E-state index contributed by atoms with van der Waals surface area (Å²) in [6.45, 7) is 5.50. The molecule has 0 saturated carbocycles. The molecular weight excluding hydrogens is 291 g/mol. The number of carbonyl (C=O) groups excluding carboxylic acids is 1. The van der Waals surface area contributed by atoms with Crippen molar-refractivity contribution in [3.8, 4) is 0 Å². The highest BCUT2D eigenvalue weighted by molar-refractivity contribution is 7.97.